The molecule has 0 aliphatic carbocycles. The maximum atomic E-state index is 13.4. The molecule has 1 aliphatic rings. The monoisotopic (exact) mass is 303 g/mol. The smallest absolute Gasteiger partial charge is 0.178 e. The zero-order valence-corrected chi connectivity index (χ0v) is 12.0. The molecule has 0 saturated heterocycles. The van der Waals surface area contributed by atoms with Crippen LogP contribution in [0.1, 0.15) is 18.0 Å². The maximum Gasteiger partial charge on any atom is 0.178 e. The largest absolute Gasteiger partial charge is 0.395 e. The highest BCUT2D eigenvalue weighted by Crippen LogP contribution is 2.32. The third-order valence-electron chi connectivity index (χ3n) is 3.38. The Morgan fingerprint density at radius 2 is 2.30 bits per heavy atom. The van der Waals surface area contributed by atoms with E-state index in [-0.39, 0.29) is 29.3 Å². The van der Waals surface area contributed by atoms with Crippen LogP contribution in [0.4, 0.5) is 4.39 Å². The number of sulfone groups is 1. The Hall–Kier alpha value is -1.02. The van der Waals surface area contributed by atoms with Crippen LogP contribution in [-0.4, -0.2) is 45.6 Å². The Labute approximate surface area is 117 Å². The molecule has 0 saturated carbocycles. The number of halogens is 1. The van der Waals surface area contributed by atoms with E-state index in [1.165, 1.54) is 19.2 Å². The third kappa shape index (κ3) is 3.17. The van der Waals surface area contributed by atoms with Crippen LogP contribution in [0.2, 0.25) is 0 Å². The number of benzene rings is 1. The molecule has 5 nitrogen and oxygen atoms in total. The minimum absolute atomic E-state index is 0.00836. The highest BCUT2D eigenvalue weighted by Gasteiger charge is 2.31. The Bertz CT molecular complexity index is 576. The molecule has 2 rings (SSSR count). The first-order valence-corrected chi connectivity index (χ1v) is 8.01. The molecule has 20 heavy (non-hydrogen) atoms. The number of aliphatic hydroxyl groups is 1. The lowest BCUT2D eigenvalue weighted by molar-refractivity contribution is 0.121. The Kier molecular flexibility index (Phi) is 4.74. The molecule has 2 atom stereocenters. The van der Waals surface area contributed by atoms with Gasteiger partial charge >= 0.3 is 0 Å². The van der Waals surface area contributed by atoms with Crippen LogP contribution in [0.3, 0.4) is 0 Å². The molecule has 2 unspecified atom stereocenters. The number of methoxy groups -OCH3 is 1. The van der Waals surface area contributed by atoms with E-state index in [4.69, 9.17) is 4.74 Å². The van der Waals surface area contributed by atoms with E-state index in [2.05, 4.69) is 5.32 Å². The fourth-order valence-corrected chi connectivity index (χ4v) is 4.03. The first kappa shape index (κ1) is 15.4. The molecule has 1 aromatic carbocycles. The average Bonchev–Trinajstić information content (AvgIpc) is 2.41. The molecule has 1 aromatic rings. The molecule has 0 spiro atoms. The molecule has 2 N–H and O–H groups in total. The summed E-state index contributed by atoms with van der Waals surface area (Å²) < 4.78 is 42.3. The summed E-state index contributed by atoms with van der Waals surface area (Å²) in [6.45, 7) is 0.159. The molecule has 1 heterocycles. The van der Waals surface area contributed by atoms with Gasteiger partial charge in [-0.2, -0.15) is 0 Å². The van der Waals surface area contributed by atoms with Gasteiger partial charge in [-0.25, -0.2) is 12.8 Å². The van der Waals surface area contributed by atoms with Crippen LogP contribution < -0.4 is 5.32 Å². The molecule has 0 radical (unpaired) electrons. The highest BCUT2D eigenvalue weighted by atomic mass is 32.2. The lowest BCUT2D eigenvalue weighted by atomic mass is 10.0. The van der Waals surface area contributed by atoms with Gasteiger partial charge in [-0.05, 0) is 30.2 Å². The molecule has 0 aromatic heterocycles. The van der Waals surface area contributed by atoms with E-state index in [0.29, 0.717) is 18.6 Å². The van der Waals surface area contributed by atoms with Gasteiger partial charge < -0.3 is 15.2 Å². The van der Waals surface area contributed by atoms with Crippen molar-refractivity contribution in [3.8, 4) is 0 Å². The predicted octanol–water partition coefficient (Wildman–Crippen LogP) is 0.641. The standard InChI is InChI=1S/C13H18FNO4S/c1-19-8-10(7-16)15-12-4-5-20(17,18)13-3-2-9(14)6-11(12)13/h2-3,6,10,12,15-16H,4-5,7-8H2,1H3. The number of aliphatic hydroxyl groups excluding tert-OH is 1. The molecule has 0 amide bonds. The van der Waals surface area contributed by atoms with Gasteiger partial charge in [0.1, 0.15) is 5.82 Å². The van der Waals surface area contributed by atoms with Crippen molar-refractivity contribution in [1.82, 2.24) is 5.32 Å². The first-order chi connectivity index (χ1) is 9.47. The SMILES string of the molecule is COCC(CO)NC1CCS(=O)(=O)c2ccc(F)cc21. The van der Waals surface area contributed by atoms with Gasteiger partial charge in [-0.3, -0.25) is 0 Å². The minimum Gasteiger partial charge on any atom is -0.395 e. The molecule has 112 valence electrons. The second-order valence-corrected chi connectivity index (χ2v) is 6.92. The van der Waals surface area contributed by atoms with Crippen LogP contribution in [0.5, 0.6) is 0 Å². The van der Waals surface area contributed by atoms with E-state index in [0.717, 1.165) is 6.07 Å². The van der Waals surface area contributed by atoms with Gasteiger partial charge in [0.15, 0.2) is 9.84 Å². The molecular weight excluding hydrogens is 285 g/mol. The summed E-state index contributed by atoms with van der Waals surface area (Å²) in [5.74, 6) is -0.464. The maximum absolute atomic E-state index is 13.4. The Morgan fingerprint density at radius 1 is 1.55 bits per heavy atom. The summed E-state index contributed by atoms with van der Waals surface area (Å²) in [5.41, 5.74) is 0.422. The van der Waals surface area contributed by atoms with Crippen molar-refractivity contribution < 1.29 is 22.7 Å². The normalized spacial score (nSPS) is 22.2. The molecule has 1 aliphatic heterocycles. The van der Waals surface area contributed by atoms with E-state index in [9.17, 15) is 17.9 Å². The van der Waals surface area contributed by atoms with Gasteiger partial charge in [0.2, 0.25) is 0 Å². The van der Waals surface area contributed by atoms with Crippen molar-refractivity contribution >= 4 is 9.84 Å². The van der Waals surface area contributed by atoms with E-state index in [1.54, 1.807) is 0 Å². The van der Waals surface area contributed by atoms with Crippen molar-refractivity contribution in [3.63, 3.8) is 0 Å². The van der Waals surface area contributed by atoms with E-state index >= 15 is 0 Å². The first-order valence-electron chi connectivity index (χ1n) is 6.36. The van der Waals surface area contributed by atoms with Gasteiger partial charge in [0.05, 0.1) is 29.9 Å². The lowest BCUT2D eigenvalue weighted by Gasteiger charge is -2.29. The number of rotatable bonds is 5. The minimum atomic E-state index is -3.35. The topological polar surface area (TPSA) is 75.6 Å². The van der Waals surface area contributed by atoms with Crippen LogP contribution in [0.15, 0.2) is 23.1 Å². The second kappa shape index (κ2) is 6.17. The Morgan fingerprint density at radius 3 is 2.95 bits per heavy atom. The zero-order chi connectivity index (χ0) is 14.8. The quantitative estimate of drug-likeness (QED) is 0.781. The van der Waals surface area contributed by atoms with E-state index in [1.807, 2.05) is 0 Å². The summed E-state index contributed by atoms with van der Waals surface area (Å²) in [5, 5.41) is 12.4. The Balaban J connectivity index is 2.31. The summed E-state index contributed by atoms with van der Waals surface area (Å²) >= 11 is 0. The van der Waals surface area contributed by atoms with Crippen LogP contribution in [-0.2, 0) is 14.6 Å². The van der Waals surface area contributed by atoms with Crippen molar-refractivity contribution in [2.24, 2.45) is 0 Å². The second-order valence-electron chi connectivity index (χ2n) is 4.84. The summed E-state index contributed by atoms with van der Waals surface area (Å²) in [4.78, 5) is 0.164. The third-order valence-corrected chi connectivity index (χ3v) is 5.20. The van der Waals surface area contributed by atoms with Crippen LogP contribution >= 0.6 is 0 Å². The summed E-state index contributed by atoms with van der Waals surface area (Å²) in [7, 11) is -1.83. The van der Waals surface area contributed by atoms with Crippen molar-refractivity contribution in [1.29, 1.82) is 0 Å². The predicted molar refractivity (Wildman–Crippen MR) is 71.7 cm³/mol. The number of hydrogen-bond acceptors (Lipinski definition) is 5. The fraction of sp³-hybridized carbons (Fsp3) is 0.538. The number of fused-ring (bicyclic) bond motifs is 1. The van der Waals surface area contributed by atoms with Gasteiger partial charge in [-0.1, -0.05) is 0 Å². The van der Waals surface area contributed by atoms with Crippen molar-refractivity contribution in [2.45, 2.75) is 23.4 Å². The van der Waals surface area contributed by atoms with Gasteiger partial charge in [0.25, 0.3) is 0 Å². The van der Waals surface area contributed by atoms with Crippen LogP contribution in [0, 0.1) is 5.82 Å². The molecule has 0 fully saturated rings. The summed E-state index contributed by atoms with van der Waals surface area (Å²) in [6, 6.07) is 3.07. The lowest BCUT2D eigenvalue weighted by Crippen LogP contribution is -2.41. The van der Waals surface area contributed by atoms with Crippen molar-refractivity contribution in [2.75, 3.05) is 26.1 Å². The van der Waals surface area contributed by atoms with Gasteiger partial charge in [-0.15, -0.1) is 0 Å². The van der Waals surface area contributed by atoms with E-state index < -0.39 is 15.7 Å². The summed E-state index contributed by atoms with van der Waals surface area (Å²) in [6.07, 6.45) is 0.346. The average molecular weight is 303 g/mol. The van der Waals surface area contributed by atoms with Crippen molar-refractivity contribution in [3.05, 3.63) is 29.6 Å². The number of hydrogen-bond donors (Lipinski definition) is 2. The van der Waals surface area contributed by atoms with Crippen LogP contribution in [0.25, 0.3) is 0 Å². The molecular formula is C13H18FNO4S. The zero-order valence-electron chi connectivity index (χ0n) is 11.2. The number of nitrogens with one attached hydrogen (secondary N) is 1. The fourth-order valence-electron chi connectivity index (χ4n) is 2.43. The molecule has 0 bridgehead atoms. The molecule has 7 heteroatoms. The highest BCUT2D eigenvalue weighted by molar-refractivity contribution is 7.91. The number of ether oxygens (including phenoxy) is 1. The van der Waals surface area contributed by atoms with Gasteiger partial charge in [0, 0.05) is 13.2 Å².